The molecule has 0 aliphatic rings. The molecule has 0 saturated heterocycles. The van der Waals surface area contributed by atoms with E-state index >= 15 is 0 Å². The maximum absolute atomic E-state index is 5.90. The summed E-state index contributed by atoms with van der Waals surface area (Å²) >= 11 is 0. The summed E-state index contributed by atoms with van der Waals surface area (Å²) in [4.78, 5) is 4.46. The van der Waals surface area contributed by atoms with E-state index in [-0.39, 0.29) is 34.9 Å². The average Bonchev–Trinajstić information content (AvgIpc) is 2.25. The van der Waals surface area contributed by atoms with Gasteiger partial charge in [-0.1, -0.05) is 44.2 Å². The van der Waals surface area contributed by atoms with Crippen LogP contribution < -0.4 is 11.1 Å². The number of rotatable bonds is 4. The maximum atomic E-state index is 5.90. The molecule has 0 spiro atoms. The molecule has 0 aliphatic heterocycles. The van der Waals surface area contributed by atoms with E-state index < -0.39 is 0 Å². The zero-order chi connectivity index (χ0) is 14.5. The zero-order valence-corrected chi connectivity index (χ0v) is 15.6. The predicted octanol–water partition coefficient (Wildman–Crippen LogP) is 3.58. The Labute approximate surface area is 140 Å². The second kappa shape index (κ2) is 7.86. The second-order valence-corrected chi connectivity index (χ2v) is 6.90. The van der Waals surface area contributed by atoms with Gasteiger partial charge in [-0.05, 0) is 38.2 Å². The normalized spacial score (nSPS) is 12.8. The Hall–Kier alpha value is -0.780. The van der Waals surface area contributed by atoms with Crippen LogP contribution in [0.5, 0.6) is 0 Å². The molecule has 1 aromatic rings. The molecule has 0 fully saturated rings. The number of hydrogen-bond acceptors (Lipinski definition) is 1. The summed E-state index contributed by atoms with van der Waals surface area (Å²) in [5, 5.41) is 3.18. The number of benzene rings is 1. The molecule has 3 N–H and O–H groups in total. The average molecular weight is 389 g/mol. The van der Waals surface area contributed by atoms with E-state index in [2.05, 4.69) is 69.2 Å². The Morgan fingerprint density at radius 3 is 2.15 bits per heavy atom. The van der Waals surface area contributed by atoms with E-state index in [0.717, 1.165) is 13.0 Å². The zero-order valence-electron chi connectivity index (χ0n) is 13.2. The molecule has 1 rings (SSSR count). The Morgan fingerprint density at radius 2 is 1.65 bits per heavy atom. The number of nitrogens with two attached hydrogens (primary N) is 1. The van der Waals surface area contributed by atoms with Crippen molar-refractivity contribution in [3.05, 3.63) is 35.9 Å². The third-order valence-corrected chi connectivity index (χ3v) is 2.71. The highest BCUT2D eigenvalue weighted by atomic mass is 127. The van der Waals surface area contributed by atoms with Crippen LogP contribution in [0.4, 0.5) is 0 Å². The smallest absolute Gasteiger partial charge is 0.189 e. The van der Waals surface area contributed by atoms with Crippen LogP contribution in [0, 0.1) is 5.41 Å². The summed E-state index contributed by atoms with van der Waals surface area (Å²) in [5.41, 5.74) is 7.30. The summed E-state index contributed by atoms with van der Waals surface area (Å²) in [5.74, 6) is 0.522. The third-order valence-electron chi connectivity index (χ3n) is 2.71. The van der Waals surface area contributed by atoms with E-state index in [1.165, 1.54) is 5.56 Å². The molecule has 0 radical (unpaired) electrons. The van der Waals surface area contributed by atoms with Crippen LogP contribution in [0.15, 0.2) is 35.3 Å². The Morgan fingerprint density at radius 1 is 1.10 bits per heavy atom. The lowest BCUT2D eigenvalue weighted by Gasteiger charge is -2.25. The summed E-state index contributed by atoms with van der Waals surface area (Å²) < 4.78 is 0. The molecule has 0 atom stereocenters. The molecule has 20 heavy (non-hydrogen) atoms. The fourth-order valence-corrected chi connectivity index (χ4v) is 1.93. The van der Waals surface area contributed by atoms with Crippen molar-refractivity contribution in [2.24, 2.45) is 16.1 Å². The van der Waals surface area contributed by atoms with E-state index in [1.54, 1.807) is 0 Å². The van der Waals surface area contributed by atoms with Gasteiger partial charge in [0.1, 0.15) is 0 Å². The lowest BCUT2D eigenvalue weighted by Crippen LogP contribution is -2.45. The fourth-order valence-electron chi connectivity index (χ4n) is 1.93. The van der Waals surface area contributed by atoms with Crippen LogP contribution in [-0.2, 0) is 6.42 Å². The third kappa shape index (κ3) is 8.40. The van der Waals surface area contributed by atoms with Crippen molar-refractivity contribution in [3.8, 4) is 0 Å². The van der Waals surface area contributed by atoms with Gasteiger partial charge in [-0.2, -0.15) is 0 Å². The van der Waals surface area contributed by atoms with Crippen LogP contribution in [-0.4, -0.2) is 18.0 Å². The Bertz CT molecular complexity index is 419. The molecule has 0 unspecified atom stereocenters. The van der Waals surface area contributed by atoms with E-state index in [1.807, 2.05) is 6.07 Å². The first-order chi connectivity index (χ1) is 8.68. The van der Waals surface area contributed by atoms with Gasteiger partial charge in [0.25, 0.3) is 0 Å². The minimum absolute atomic E-state index is 0. The van der Waals surface area contributed by atoms with E-state index in [4.69, 9.17) is 5.73 Å². The highest BCUT2D eigenvalue weighted by molar-refractivity contribution is 14.0. The molecular formula is C16H28IN3. The molecule has 0 amide bonds. The van der Waals surface area contributed by atoms with E-state index in [9.17, 15) is 0 Å². The van der Waals surface area contributed by atoms with Gasteiger partial charge in [-0.3, -0.25) is 4.99 Å². The lowest BCUT2D eigenvalue weighted by atomic mass is 9.86. The topological polar surface area (TPSA) is 50.4 Å². The number of guanidine groups is 1. The van der Waals surface area contributed by atoms with Crippen LogP contribution in [0.3, 0.4) is 0 Å². The van der Waals surface area contributed by atoms with Gasteiger partial charge >= 0.3 is 0 Å². The van der Waals surface area contributed by atoms with Gasteiger partial charge in [-0.15, -0.1) is 24.0 Å². The molecule has 4 heteroatoms. The van der Waals surface area contributed by atoms with Crippen molar-refractivity contribution < 1.29 is 0 Å². The summed E-state index contributed by atoms with van der Waals surface area (Å²) in [7, 11) is 0. The van der Waals surface area contributed by atoms with Crippen LogP contribution in [0.25, 0.3) is 0 Å². The quantitative estimate of drug-likeness (QED) is 0.470. The Balaban J connectivity index is 0.00000361. The van der Waals surface area contributed by atoms with E-state index in [0.29, 0.717) is 5.96 Å². The lowest BCUT2D eigenvalue weighted by molar-refractivity contribution is 0.376. The van der Waals surface area contributed by atoms with Crippen molar-refractivity contribution in [2.45, 2.75) is 46.6 Å². The molecule has 0 aromatic heterocycles. The predicted molar refractivity (Wildman–Crippen MR) is 98.7 cm³/mol. The molecule has 0 aliphatic carbocycles. The summed E-state index contributed by atoms with van der Waals surface area (Å²) in [6.07, 6.45) is 1.00. The number of aliphatic imine (C=N–C) groups is 1. The second-order valence-electron chi connectivity index (χ2n) is 6.90. The van der Waals surface area contributed by atoms with Crippen molar-refractivity contribution >= 4 is 29.9 Å². The van der Waals surface area contributed by atoms with Crippen molar-refractivity contribution in [2.75, 3.05) is 6.54 Å². The molecule has 3 nitrogen and oxygen atoms in total. The van der Waals surface area contributed by atoms with Crippen molar-refractivity contribution in [1.82, 2.24) is 5.32 Å². The molecule has 0 heterocycles. The molecule has 0 bridgehead atoms. The highest BCUT2D eigenvalue weighted by Gasteiger charge is 2.18. The number of nitrogens with one attached hydrogen (secondary N) is 1. The summed E-state index contributed by atoms with van der Waals surface area (Å²) in [6, 6.07) is 10.5. The SMILES string of the molecule is CC(C)(CN=C(N)NC(C)(C)C)Cc1ccccc1.I. The largest absolute Gasteiger partial charge is 0.370 e. The Kier molecular flexibility index (Phi) is 7.55. The number of hydrogen-bond donors (Lipinski definition) is 2. The van der Waals surface area contributed by atoms with Crippen LogP contribution in [0.2, 0.25) is 0 Å². The highest BCUT2D eigenvalue weighted by Crippen LogP contribution is 2.22. The van der Waals surface area contributed by atoms with Gasteiger partial charge in [0.05, 0.1) is 0 Å². The van der Waals surface area contributed by atoms with Gasteiger partial charge < -0.3 is 11.1 Å². The van der Waals surface area contributed by atoms with Gasteiger partial charge in [0.15, 0.2) is 5.96 Å². The van der Waals surface area contributed by atoms with Gasteiger partial charge in [0.2, 0.25) is 0 Å². The first-order valence-electron chi connectivity index (χ1n) is 6.80. The molecule has 114 valence electrons. The monoisotopic (exact) mass is 389 g/mol. The molecular weight excluding hydrogens is 361 g/mol. The number of nitrogens with zero attached hydrogens (tertiary/aromatic N) is 1. The molecule has 0 saturated carbocycles. The van der Waals surface area contributed by atoms with Crippen molar-refractivity contribution in [3.63, 3.8) is 0 Å². The fraction of sp³-hybridized carbons (Fsp3) is 0.562. The van der Waals surface area contributed by atoms with Crippen LogP contribution >= 0.6 is 24.0 Å². The van der Waals surface area contributed by atoms with Gasteiger partial charge in [-0.25, -0.2) is 0 Å². The first-order valence-corrected chi connectivity index (χ1v) is 6.80. The minimum Gasteiger partial charge on any atom is -0.370 e. The summed E-state index contributed by atoms with van der Waals surface area (Å²) in [6.45, 7) is 11.4. The number of halogens is 1. The first kappa shape index (κ1) is 19.2. The van der Waals surface area contributed by atoms with Gasteiger partial charge in [0, 0.05) is 12.1 Å². The molecule has 1 aromatic carbocycles. The standard InChI is InChI=1S/C16H27N3.HI/c1-15(2,3)19-14(17)18-12-16(4,5)11-13-9-7-6-8-10-13;/h6-10H,11-12H2,1-5H3,(H3,17,18,19);1H. The maximum Gasteiger partial charge on any atom is 0.189 e. The van der Waals surface area contributed by atoms with Crippen LogP contribution in [0.1, 0.15) is 40.2 Å². The van der Waals surface area contributed by atoms with Crippen molar-refractivity contribution in [1.29, 1.82) is 0 Å². The minimum atomic E-state index is -0.0445.